The number of nitrogens with zero attached hydrogens (tertiary/aromatic N) is 3. The van der Waals surface area contributed by atoms with Crippen LogP contribution in [-0.2, 0) is 0 Å². The maximum atomic E-state index is 4.44. The Kier molecular flexibility index (Phi) is 2.62. The Bertz CT molecular complexity index is 237. The fourth-order valence-electron chi connectivity index (χ4n) is 0.499. The molecule has 0 fully saturated rings. The molecule has 0 amide bonds. The van der Waals surface area contributed by atoms with Crippen LogP contribution in [0.3, 0.4) is 0 Å². The summed E-state index contributed by atoms with van der Waals surface area (Å²) in [6.07, 6.45) is 0. The predicted octanol–water partition coefficient (Wildman–Crippen LogP) is 1.70. The molecule has 5 heteroatoms. The molecule has 1 rings (SSSR count). The molecule has 3 nitrogen and oxygen atoms in total. The highest BCUT2D eigenvalue weighted by Gasteiger charge is 2.03. The molecule has 0 aliphatic rings. The second kappa shape index (κ2) is 3.51. The van der Waals surface area contributed by atoms with Crippen molar-refractivity contribution in [2.45, 2.75) is 13.0 Å². The molecule has 1 atom stereocenters. The van der Waals surface area contributed by atoms with Gasteiger partial charge in [0.2, 0.25) is 0 Å². The van der Waals surface area contributed by atoms with Gasteiger partial charge in [-0.3, -0.25) is 0 Å². The zero-order chi connectivity index (χ0) is 7.40. The zero-order valence-electron chi connectivity index (χ0n) is 5.31. The van der Waals surface area contributed by atoms with Crippen molar-refractivity contribution in [1.82, 2.24) is 9.59 Å². The van der Waals surface area contributed by atoms with Crippen LogP contribution in [0.15, 0.2) is 10.4 Å². The third kappa shape index (κ3) is 1.67. The van der Waals surface area contributed by atoms with Crippen LogP contribution in [0.5, 0.6) is 0 Å². The van der Waals surface area contributed by atoms with Gasteiger partial charge in [-0.15, -0.1) is 5.10 Å². The molecule has 52 valence electrons. The third-order valence-corrected chi connectivity index (χ3v) is 1.68. The number of isothiocyanates is 1. The summed E-state index contributed by atoms with van der Waals surface area (Å²) in [6.45, 7) is 1.90. The second-order valence-electron chi connectivity index (χ2n) is 1.73. The summed E-state index contributed by atoms with van der Waals surface area (Å²) in [6, 6.07) is -0.00347. The van der Waals surface area contributed by atoms with E-state index in [4.69, 9.17) is 0 Å². The van der Waals surface area contributed by atoms with E-state index in [1.807, 2.05) is 12.3 Å². The summed E-state index contributed by atoms with van der Waals surface area (Å²) in [5.41, 5.74) is 0.849. The summed E-state index contributed by atoms with van der Waals surface area (Å²) in [7, 11) is 0. The lowest BCUT2D eigenvalue weighted by Crippen LogP contribution is -1.88. The van der Waals surface area contributed by atoms with Crippen molar-refractivity contribution in [1.29, 1.82) is 0 Å². The van der Waals surface area contributed by atoms with E-state index in [2.05, 4.69) is 32.0 Å². The zero-order valence-corrected chi connectivity index (χ0v) is 6.95. The topological polar surface area (TPSA) is 38.1 Å². The van der Waals surface area contributed by atoms with E-state index in [-0.39, 0.29) is 6.04 Å². The summed E-state index contributed by atoms with van der Waals surface area (Å²) >= 11 is 5.75. The predicted molar refractivity (Wildman–Crippen MR) is 43.4 cm³/mol. The van der Waals surface area contributed by atoms with Crippen LogP contribution in [0.4, 0.5) is 0 Å². The van der Waals surface area contributed by atoms with Crippen molar-refractivity contribution in [3.63, 3.8) is 0 Å². The fraction of sp³-hybridized carbons (Fsp3) is 0.400. The summed E-state index contributed by atoms with van der Waals surface area (Å²) in [5.74, 6) is 0. The minimum Gasteiger partial charge on any atom is -0.223 e. The smallest absolute Gasteiger partial charge is 0.102 e. The first kappa shape index (κ1) is 7.47. The first-order chi connectivity index (χ1) is 4.84. The Morgan fingerprint density at radius 1 is 1.90 bits per heavy atom. The van der Waals surface area contributed by atoms with Crippen LogP contribution >= 0.6 is 23.8 Å². The van der Waals surface area contributed by atoms with E-state index in [0.29, 0.717) is 0 Å². The molecular weight excluding hydrogens is 166 g/mol. The summed E-state index contributed by atoms with van der Waals surface area (Å²) in [5, 5.41) is 7.97. The van der Waals surface area contributed by atoms with Gasteiger partial charge in [-0.1, -0.05) is 4.49 Å². The highest BCUT2D eigenvalue weighted by Crippen LogP contribution is 2.12. The third-order valence-electron chi connectivity index (χ3n) is 1.05. The fourth-order valence-corrected chi connectivity index (χ4v) is 1.20. The van der Waals surface area contributed by atoms with Crippen LogP contribution in [0.2, 0.25) is 0 Å². The number of thiocarbonyl (C=S) groups is 1. The van der Waals surface area contributed by atoms with Gasteiger partial charge in [-0.05, 0) is 30.7 Å². The van der Waals surface area contributed by atoms with E-state index < -0.39 is 0 Å². The first-order valence-corrected chi connectivity index (χ1v) is 3.93. The van der Waals surface area contributed by atoms with E-state index in [0.717, 1.165) is 5.69 Å². The van der Waals surface area contributed by atoms with Crippen LogP contribution in [0, 0.1) is 0 Å². The van der Waals surface area contributed by atoms with Gasteiger partial charge in [0.1, 0.15) is 11.7 Å². The molecule has 0 saturated carbocycles. The average Bonchev–Trinajstić information content (AvgIpc) is 2.38. The van der Waals surface area contributed by atoms with Crippen LogP contribution in [0.1, 0.15) is 18.7 Å². The number of aliphatic imine (C=N–C) groups is 1. The molecule has 0 bridgehead atoms. The molecule has 0 unspecified atom stereocenters. The number of hydrogen-bond donors (Lipinski definition) is 0. The van der Waals surface area contributed by atoms with E-state index >= 15 is 0 Å². The Balaban J connectivity index is 2.76. The van der Waals surface area contributed by atoms with Crippen LogP contribution in [-0.4, -0.2) is 14.7 Å². The van der Waals surface area contributed by atoms with Crippen molar-refractivity contribution >= 4 is 28.9 Å². The largest absolute Gasteiger partial charge is 0.223 e. The average molecular weight is 171 g/mol. The molecule has 10 heavy (non-hydrogen) atoms. The van der Waals surface area contributed by atoms with Crippen molar-refractivity contribution < 1.29 is 0 Å². The monoisotopic (exact) mass is 171 g/mol. The van der Waals surface area contributed by atoms with Crippen molar-refractivity contribution in [3.05, 3.63) is 11.1 Å². The highest BCUT2D eigenvalue weighted by molar-refractivity contribution is 7.78. The van der Waals surface area contributed by atoms with Gasteiger partial charge in [0, 0.05) is 5.38 Å². The molecular formula is C5H5N3S2. The maximum absolute atomic E-state index is 4.44. The minimum atomic E-state index is -0.00347. The Hall–Kier alpha value is -0.640. The Labute approximate surface area is 68.0 Å². The standard InChI is InChI=1S/C5H5N3S2/c1-4(6-3-9)5-2-10-8-7-5/h2,4H,1H3/t4-/m1/s1. The van der Waals surface area contributed by atoms with Crippen LogP contribution < -0.4 is 0 Å². The van der Waals surface area contributed by atoms with Gasteiger partial charge >= 0.3 is 0 Å². The number of hydrogen-bond acceptors (Lipinski definition) is 5. The molecule has 0 saturated heterocycles. The Morgan fingerprint density at radius 3 is 3.20 bits per heavy atom. The lowest BCUT2D eigenvalue weighted by molar-refractivity contribution is 0.781. The van der Waals surface area contributed by atoms with Crippen molar-refractivity contribution in [2.24, 2.45) is 4.99 Å². The minimum absolute atomic E-state index is 0.00347. The lowest BCUT2D eigenvalue weighted by Gasteiger charge is -1.94. The van der Waals surface area contributed by atoms with E-state index in [9.17, 15) is 0 Å². The van der Waals surface area contributed by atoms with Crippen molar-refractivity contribution in [3.8, 4) is 0 Å². The summed E-state index contributed by atoms with van der Waals surface area (Å²) in [4.78, 5) is 3.84. The van der Waals surface area contributed by atoms with Gasteiger partial charge in [-0.2, -0.15) is 0 Å². The van der Waals surface area contributed by atoms with Crippen molar-refractivity contribution in [2.75, 3.05) is 0 Å². The SMILES string of the molecule is C[C@@H](N=C=S)c1csnn1. The molecule has 0 aliphatic carbocycles. The normalized spacial score (nSPS) is 12.1. The molecule has 0 radical (unpaired) electrons. The van der Waals surface area contributed by atoms with Gasteiger partial charge in [0.05, 0.1) is 5.16 Å². The summed E-state index contributed by atoms with van der Waals surface area (Å²) < 4.78 is 3.70. The molecule has 1 aromatic rings. The quantitative estimate of drug-likeness (QED) is 0.502. The Morgan fingerprint density at radius 2 is 2.70 bits per heavy atom. The molecule has 0 spiro atoms. The lowest BCUT2D eigenvalue weighted by atomic mass is 10.3. The number of aromatic nitrogens is 2. The van der Waals surface area contributed by atoms with Gasteiger partial charge < -0.3 is 0 Å². The highest BCUT2D eigenvalue weighted by atomic mass is 32.1. The molecule has 0 aromatic carbocycles. The molecule has 1 heterocycles. The maximum Gasteiger partial charge on any atom is 0.102 e. The second-order valence-corrected chi connectivity index (χ2v) is 2.52. The van der Waals surface area contributed by atoms with Gasteiger partial charge in [-0.25, -0.2) is 4.99 Å². The van der Waals surface area contributed by atoms with Gasteiger partial charge in [0.15, 0.2) is 0 Å². The van der Waals surface area contributed by atoms with Gasteiger partial charge in [0.25, 0.3) is 0 Å². The van der Waals surface area contributed by atoms with E-state index in [1.165, 1.54) is 11.5 Å². The van der Waals surface area contributed by atoms with Crippen LogP contribution in [0.25, 0.3) is 0 Å². The molecule has 0 aliphatic heterocycles. The first-order valence-electron chi connectivity index (χ1n) is 2.68. The molecule has 1 aromatic heterocycles. The molecule has 0 N–H and O–H groups in total. The number of rotatable bonds is 2. The van der Waals surface area contributed by atoms with E-state index in [1.54, 1.807) is 0 Å².